The summed E-state index contributed by atoms with van der Waals surface area (Å²) in [7, 11) is 1.59. The lowest BCUT2D eigenvalue weighted by molar-refractivity contribution is -0.131. The van der Waals surface area contributed by atoms with Crippen LogP contribution in [0.5, 0.6) is 5.75 Å². The molecule has 5 heteroatoms. The fraction of sp³-hybridized carbons (Fsp3) is 0.286. The van der Waals surface area contributed by atoms with E-state index in [-0.39, 0.29) is 0 Å². The van der Waals surface area contributed by atoms with E-state index in [1.165, 1.54) is 4.90 Å². The van der Waals surface area contributed by atoms with E-state index in [2.05, 4.69) is 0 Å². The van der Waals surface area contributed by atoms with Crippen LogP contribution < -0.4 is 9.64 Å². The molecule has 5 nitrogen and oxygen atoms in total. The molecule has 0 heterocycles. The summed E-state index contributed by atoms with van der Waals surface area (Å²) >= 11 is 0. The Morgan fingerprint density at radius 2 is 2.05 bits per heavy atom. The van der Waals surface area contributed by atoms with Gasteiger partial charge >= 0.3 is 5.97 Å². The molecule has 0 spiro atoms. The quantitative estimate of drug-likeness (QED) is 0.825. The van der Waals surface area contributed by atoms with Crippen molar-refractivity contribution in [1.82, 2.24) is 0 Å². The predicted octanol–water partition coefficient (Wildman–Crippen LogP) is 2.00. The van der Waals surface area contributed by atoms with E-state index in [9.17, 15) is 9.59 Å². The molecule has 1 aromatic carbocycles. The molecule has 0 bridgehead atoms. The zero-order chi connectivity index (χ0) is 14.4. The first-order valence-corrected chi connectivity index (χ1v) is 5.87. The van der Waals surface area contributed by atoms with Crippen molar-refractivity contribution in [3.63, 3.8) is 0 Å². The number of amides is 1. The molecule has 1 N–H and O–H groups in total. The summed E-state index contributed by atoms with van der Waals surface area (Å²) in [5.41, 5.74) is 1.60. The van der Waals surface area contributed by atoms with Gasteiger partial charge in [-0.3, -0.25) is 4.79 Å². The third kappa shape index (κ3) is 4.13. The minimum atomic E-state index is -1.15. The highest BCUT2D eigenvalue weighted by atomic mass is 16.5. The van der Waals surface area contributed by atoms with E-state index in [1.807, 2.05) is 19.9 Å². The van der Waals surface area contributed by atoms with Crippen LogP contribution in [0.25, 0.3) is 0 Å². The third-order valence-corrected chi connectivity index (χ3v) is 2.54. The second-order valence-electron chi connectivity index (χ2n) is 3.95. The van der Waals surface area contributed by atoms with Gasteiger partial charge in [0.1, 0.15) is 5.75 Å². The molecule has 1 aromatic rings. The summed E-state index contributed by atoms with van der Waals surface area (Å²) in [6.07, 6.45) is 1.84. The zero-order valence-electron chi connectivity index (χ0n) is 11.2. The van der Waals surface area contributed by atoms with E-state index in [4.69, 9.17) is 9.84 Å². The van der Waals surface area contributed by atoms with Crippen LogP contribution in [0.3, 0.4) is 0 Å². The van der Waals surface area contributed by atoms with Crippen LogP contribution in [-0.2, 0) is 9.59 Å². The number of ether oxygens (including phenoxy) is 1. The predicted molar refractivity (Wildman–Crippen MR) is 72.5 cm³/mol. The number of carbonyl (C=O) groups excluding carboxylic acids is 1. The fourth-order valence-electron chi connectivity index (χ4n) is 1.54. The number of aryl methyl sites for hydroxylation is 1. The van der Waals surface area contributed by atoms with Gasteiger partial charge in [0.25, 0.3) is 5.91 Å². The van der Waals surface area contributed by atoms with Crippen molar-refractivity contribution in [3.8, 4) is 5.75 Å². The van der Waals surface area contributed by atoms with Crippen molar-refractivity contribution in [2.24, 2.45) is 0 Å². The van der Waals surface area contributed by atoms with Crippen molar-refractivity contribution >= 4 is 17.6 Å². The summed E-state index contributed by atoms with van der Waals surface area (Å²) in [5, 5.41) is 8.48. The molecule has 0 saturated heterocycles. The van der Waals surface area contributed by atoms with Gasteiger partial charge in [-0.25, -0.2) is 4.79 Å². The number of anilines is 1. The van der Waals surface area contributed by atoms with Gasteiger partial charge < -0.3 is 14.7 Å². The number of aliphatic carboxylic acids is 1. The normalized spacial score (nSPS) is 10.5. The number of rotatable bonds is 5. The number of hydrogen-bond donors (Lipinski definition) is 1. The Morgan fingerprint density at radius 3 is 2.58 bits per heavy atom. The first-order valence-electron chi connectivity index (χ1n) is 5.87. The van der Waals surface area contributed by atoms with Crippen LogP contribution >= 0.6 is 0 Å². The first-order chi connectivity index (χ1) is 8.95. The molecule has 0 aromatic heterocycles. The first kappa shape index (κ1) is 14.8. The lowest BCUT2D eigenvalue weighted by Gasteiger charge is -2.17. The van der Waals surface area contributed by atoms with Crippen molar-refractivity contribution in [1.29, 1.82) is 0 Å². The summed E-state index contributed by atoms with van der Waals surface area (Å²) < 4.78 is 5.42. The lowest BCUT2D eigenvalue weighted by atomic mass is 10.2. The van der Waals surface area contributed by atoms with Gasteiger partial charge in [-0.2, -0.15) is 0 Å². The Hall–Kier alpha value is -2.30. The molecule has 19 heavy (non-hydrogen) atoms. The zero-order valence-corrected chi connectivity index (χ0v) is 11.2. The van der Waals surface area contributed by atoms with Gasteiger partial charge in [0, 0.05) is 24.9 Å². The highest BCUT2D eigenvalue weighted by molar-refractivity contribution is 6.03. The Bertz CT molecular complexity index is 508. The standard InChI is InChI=1S/C14H17NO4/c1-4-19-12-6-5-11(9-10(12)2)15(3)13(16)7-8-14(17)18/h5-9H,4H2,1-3H3,(H,17,18)/b8-7+. The number of carboxylic acid groups (broad SMARTS) is 1. The van der Waals surface area contributed by atoms with Crippen LogP contribution in [0.1, 0.15) is 12.5 Å². The van der Waals surface area contributed by atoms with Crippen LogP contribution in [0.2, 0.25) is 0 Å². The summed E-state index contributed by atoms with van der Waals surface area (Å²) in [6.45, 7) is 4.37. The van der Waals surface area contributed by atoms with Gasteiger partial charge in [-0.05, 0) is 37.6 Å². The molecule has 0 saturated carbocycles. The topological polar surface area (TPSA) is 66.8 Å². The third-order valence-electron chi connectivity index (χ3n) is 2.54. The van der Waals surface area contributed by atoms with Crippen molar-refractivity contribution in [2.75, 3.05) is 18.6 Å². The maximum Gasteiger partial charge on any atom is 0.328 e. The van der Waals surface area contributed by atoms with Gasteiger partial charge in [0.15, 0.2) is 0 Å². The molecule has 1 rings (SSSR count). The number of carboxylic acids is 1. The van der Waals surface area contributed by atoms with E-state index in [0.717, 1.165) is 23.5 Å². The lowest BCUT2D eigenvalue weighted by Crippen LogP contribution is -2.24. The SMILES string of the molecule is CCOc1ccc(N(C)C(=O)/C=C/C(=O)O)cc1C. The van der Waals surface area contributed by atoms with E-state index in [1.54, 1.807) is 19.2 Å². The van der Waals surface area contributed by atoms with E-state index >= 15 is 0 Å². The minimum absolute atomic E-state index is 0.397. The fourth-order valence-corrected chi connectivity index (χ4v) is 1.54. The molecule has 0 aliphatic heterocycles. The van der Waals surface area contributed by atoms with Crippen molar-refractivity contribution < 1.29 is 19.4 Å². The Balaban J connectivity index is 2.88. The smallest absolute Gasteiger partial charge is 0.328 e. The molecule has 0 aliphatic rings. The van der Waals surface area contributed by atoms with Gasteiger partial charge in [-0.15, -0.1) is 0 Å². The molecular weight excluding hydrogens is 246 g/mol. The van der Waals surface area contributed by atoms with Gasteiger partial charge in [0.05, 0.1) is 6.61 Å². The number of nitrogens with zero attached hydrogens (tertiary/aromatic N) is 1. The molecule has 102 valence electrons. The summed E-state index contributed by atoms with van der Waals surface area (Å²) in [5.74, 6) is -0.774. The molecule has 0 fully saturated rings. The molecule has 0 radical (unpaired) electrons. The van der Waals surface area contributed by atoms with E-state index < -0.39 is 11.9 Å². The maximum absolute atomic E-state index is 11.7. The highest BCUT2D eigenvalue weighted by Gasteiger charge is 2.10. The summed E-state index contributed by atoms with van der Waals surface area (Å²) in [6, 6.07) is 5.36. The second-order valence-corrected chi connectivity index (χ2v) is 3.95. The maximum atomic E-state index is 11.7. The highest BCUT2D eigenvalue weighted by Crippen LogP contribution is 2.24. The second kappa shape index (κ2) is 6.58. The van der Waals surface area contributed by atoms with Crippen LogP contribution in [0, 0.1) is 6.92 Å². The number of hydrogen-bond acceptors (Lipinski definition) is 3. The molecule has 1 amide bonds. The van der Waals surface area contributed by atoms with Crippen LogP contribution in [-0.4, -0.2) is 30.6 Å². The molecular formula is C14H17NO4. The molecule has 0 unspecified atom stereocenters. The van der Waals surface area contributed by atoms with Crippen LogP contribution in [0.15, 0.2) is 30.4 Å². The van der Waals surface area contributed by atoms with Crippen LogP contribution in [0.4, 0.5) is 5.69 Å². The Kier molecular flexibility index (Phi) is 5.11. The van der Waals surface area contributed by atoms with E-state index in [0.29, 0.717) is 12.3 Å². The number of carbonyl (C=O) groups is 2. The average Bonchev–Trinajstić information content (AvgIpc) is 2.37. The monoisotopic (exact) mass is 263 g/mol. The Labute approximate surface area is 112 Å². The average molecular weight is 263 g/mol. The van der Waals surface area contributed by atoms with Gasteiger partial charge in [-0.1, -0.05) is 0 Å². The molecule has 0 atom stereocenters. The number of likely N-dealkylation sites (N-methyl/N-ethyl adjacent to an activating group) is 1. The molecule has 0 aliphatic carbocycles. The summed E-state index contributed by atoms with van der Waals surface area (Å²) in [4.78, 5) is 23.5. The minimum Gasteiger partial charge on any atom is -0.494 e. The van der Waals surface area contributed by atoms with Crippen molar-refractivity contribution in [3.05, 3.63) is 35.9 Å². The number of benzene rings is 1. The largest absolute Gasteiger partial charge is 0.494 e. The van der Waals surface area contributed by atoms with Crippen molar-refractivity contribution in [2.45, 2.75) is 13.8 Å². The van der Waals surface area contributed by atoms with Gasteiger partial charge in [0.2, 0.25) is 0 Å². The Morgan fingerprint density at radius 1 is 1.37 bits per heavy atom.